The number of benzene rings is 2. The van der Waals surface area contributed by atoms with Gasteiger partial charge in [-0.3, -0.25) is 19.3 Å². The summed E-state index contributed by atoms with van der Waals surface area (Å²) in [6.07, 6.45) is 0.378. The van der Waals surface area contributed by atoms with Gasteiger partial charge in [0.05, 0.1) is 36.5 Å². The van der Waals surface area contributed by atoms with Crippen molar-refractivity contribution in [2.24, 2.45) is 5.41 Å². The summed E-state index contributed by atoms with van der Waals surface area (Å²) in [5, 5.41) is 12.6. The number of ether oxygens (including phenoxy) is 1. The van der Waals surface area contributed by atoms with Crippen molar-refractivity contribution in [1.29, 1.82) is 0 Å². The summed E-state index contributed by atoms with van der Waals surface area (Å²) in [6, 6.07) is 13.1. The van der Waals surface area contributed by atoms with Gasteiger partial charge < -0.3 is 15.2 Å². The number of fused-ring (bicyclic) bond motifs is 1. The van der Waals surface area contributed by atoms with Crippen LogP contribution in [0.5, 0.6) is 0 Å². The van der Waals surface area contributed by atoms with E-state index in [0.29, 0.717) is 40.9 Å². The van der Waals surface area contributed by atoms with Gasteiger partial charge in [0.25, 0.3) is 0 Å². The molecule has 0 radical (unpaired) electrons. The van der Waals surface area contributed by atoms with Crippen molar-refractivity contribution >= 4 is 35.0 Å². The molecule has 1 unspecified atom stereocenters. The molecular weight excluding hydrogens is 448 g/mol. The van der Waals surface area contributed by atoms with Gasteiger partial charge in [0.15, 0.2) is 5.78 Å². The van der Waals surface area contributed by atoms with Gasteiger partial charge in [0.1, 0.15) is 0 Å². The molecule has 8 heteroatoms. The Morgan fingerprint density at radius 3 is 2.40 bits per heavy atom. The zero-order valence-corrected chi connectivity index (χ0v) is 20.0. The van der Waals surface area contributed by atoms with Gasteiger partial charge in [0.2, 0.25) is 5.91 Å². The number of nitrogens with zero attached hydrogens (tertiary/aromatic N) is 1. The first kappa shape index (κ1) is 24.2. The Bertz CT molecular complexity index is 1230. The van der Waals surface area contributed by atoms with Crippen LogP contribution in [0.3, 0.4) is 0 Å². The van der Waals surface area contributed by atoms with E-state index in [1.165, 1.54) is 12.0 Å². The number of anilines is 2. The minimum Gasteiger partial charge on any atom is -0.481 e. The Balaban J connectivity index is 1.93. The molecular formula is C27H28N2O6. The van der Waals surface area contributed by atoms with Gasteiger partial charge >= 0.3 is 11.9 Å². The Morgan fingerprint density at radius 1 is 1.06 bits per heavy atom. The number of rotatable bonds is 5. The van der Waals surface area contributed by atoms with E-state index >= 15 is 0 Å². The molecule has 35 heavy (non-hydrogen) atoms. The van der Waals surface area contributed by atoms with Crippen molar-refractivity contribution in [1.82, 2.24) is 0 Å². The summed E-state index contributed by atoms with van der Waals surface area (Å²) in [5.74, 6) is -2.05. The van der Waals surface area contributed by atoms with Gasteiger partial charge in [-0.25, -0.2) is 4.79 Å². The third-order valence-corrected chi connectivity index (χ3v) is 6.37. The van der Waals surface area contributed by atoms with Gasteiger partial charge in [-0.2, -0.15) is 0 Å². The molecule has 1 atom stereocenters. The summed E-state index contributed by atoms with van der Waals surface area (Å²) in [7, 11) is 1.30. The number of nitrogens with one attached hydrogen (secondary N) is 1. The van der Waals surface area contributed by atoms with Crippen LogP contribution >= 0.6 is 0 Å². The van der Waals surface area contributed by atoms with Crippen LogP contribution in [0.2, 0.25) is 0 Å². The topological polar surface area (TPSA) is 113 Å². The number of ketones is 1. The fourth-order valence-corrected chi connectivity index (χ4v) is 4.83. The van der Waals surface area contributed by atoms with E-state index in [2.05, 4.69) is 5.32 Å². The maximum atomic E-state index is 13.6. The molecule has 4 rings (SSSR count). The highest BCUT2D eigenvalue weighted by Crippen LogP contribution is 2.48. The SMILES string of the molecule is COC(=O)c1ccc(C2C3=C(CC(C)(C)CC3=O)Nc3ccccc3N2C(=O)CCC(=O)O)cc1. The number of allylic oxidation sites excluding steroid dienone is 1. The zero-order chi connectivity index (χ0) is 25.3. The molecule has 0 saturated heterocycles. The Hall–Kier alpha value is -3.94. The summed E-state index contributed by atoms with van der Waals surface area (Å²) in [5.41, 5.74) is 3.18. The summed E-state index contributed by atoms with van der Waals surface area (Å²) < 4.78 is 4.80. The Kier molecular flexibility index (Phi) is 6.47. The van der Waals surface area contributed by atoms with Crippen LogP contribution in [0.15, 0.2) is 59.8 Å². The van der Waals surface area contributed by atoms with Gasteiger partial charge in [-0.05, 0) is 41.7 Å². The van der Waals surface area contributed by atoms with Gasteiger partial charge in [-0.1, -0.05) is 38.1 Å². The van der Waals surface area contributed by atoms with Crippen LogP contribution in [0.25, 0.3) is 0 Å². The zero-order valence-electron chi connectivity index (χ0n) is 20.0. The molecule has 2 aromatic rings. The van der Waals surface area contributed by atoms with Gasteiger partial charge in [-0.15, -0.1) is 0 Å². The lowest BCUT2D eigenvalue weighted by molar-refractivity contribution is -0.138. The molecule has 1 heterocycles. The van der Waals surface area contributed by atoms with Crippen molar-refractivity contribution in [3.63, 3.8) is 0 Å². The average molecular weight is 477 g/mol. The molecule has 1 amide bonds. The van der Waals surface area contributed by atoms with E-state index in [1.807, 2.05) is 26.0 Å². The first-order chi connectivity index (χ1) is 16.6. The molecule has 0 aromatic heterocycles. The molecule has 1 aliphatic carbocycles. The number of carboxylic acids is 1. The van der Waals surface area contributed by atoms with Gasteiger partial charge in [0, 0.05) is 24.1 Å². The molecule has 0 saturated carbocycles. The minimum atomic E-state index is -1.08. The number of carbonyl (C=O) groups excluding carboxylic acids is 3. The third kappa shape index (κ3) is 4.82. The summed E-state index contributed by atoms with van der Waals surface area (Å²) >= 11 is 0. The average Bonchev–Trinajstić information content (AvgIpc) is 2.95. The number of methoxy groups -OCH3 is 1. The Labute approximate surface area is 203 Å². The van der Waals surface area contributed by atoms with Crippen LogP contribution in [0.1, 0.15) is 61.5 Å². The molecule has 8 nitrogen and oxygen atoms in total. The molecule has 2 aromatic carbocycles. The van der Waals surface area contributed by atoms with E-state index in [1.54, 1.807) is 36.4 Å². The number of Topliss-reactive ketones (excluding diaryl/α,β-unsaturated/α-hetero) is 1. The van der Waals surface area contributed by atoms with Crippen LogP contribution < -0.4 is 10.2 Å². The predicted octanol–water partition coefficient (Wildman–Crippen LogP) is 4.48. The second-order valence-corrected chi connectivity index (χ2v) is 9.65. The largest absolute Gasteiger partial charge is 0.481 e. The van der Waals surface area contributed by atoms with E-state index in [0.717, 1.165) is 5.70 Å². The second kappa shape index (κ2) is 9.37. The molecule has 1 aliphatic heterocycles. The number of aliphatic carboxylic acids is 1. The molecule has 182 valence electrons. The highest BCUT2D eigenvalue weighted by atomic mass is 16.5. The van der Waals surface area contributed by atoms with E-state index in [4.69, 9.17) is 4.74 Å². The predicted molar refractivity (Wildman–Crippen MR) is 130 cm³/mol. The third-order valence-electron chi connectivity index (χ3n) is 6.37. The second-order valence-electron chi connectivity index (χ2n) is 9.65. The van der Waals surface area contributed by atoms with E-state index in [-0.39, 0.29) is 24.0 Å². The van der Waals surface area contributed by atoms with Crippen LogP contribution in [0, 0.1) is 5.41 Å². The molecule has 2 aliphatic rings. The lowest BCUT2D eigenvalue weighted by Gasteiger charge is -2.37. The van der Waals surface area contributed by atoms with E-state index < -0.39 is 23.9 Å². The fraction of sp³-hybridized carbons (Fsp3) is 0.333. The van der Waals surface area contributed by atoms with Crippen LogP contribution in [-0.2, 0) is 19.1 Å². The quantitative estimate of drug-likeness (QED) is 0.612. The number of hydrogen-bond acceptors (Lipinski definition) is 6. The fourth-order valence-electron chi connectivity index (χ4n) is 4.83. The number of para-hydroxylation sites is 2. The molecule has 0 fully saturated rings. The number of hydrogen-bond donors (Lipinski definition) is 2. The van der Waals surface area contributed by atoms with Crippen LogP contribution in [0.4, 0.5) is 11.4 Å². The van der Waals surface area contributed by atoms with Crippen molar-refractivity contribution in [3.8, 4) is 0 Å². The number of carbonyl (C=O) groups is 4. The molecule has 0 bridgehead atoms. The lowest BCUT2D eigenvalue weighted by atomic mass is 9.73. The lowest BCUT2D eigenvalue weighted by Crippen LogP contribution is -2.39. The summed E-state index contributed by atoms with van der Waals surface area (Å²) in [4.78, 5) is 51.9. The highest BCUT2D eigenvalue weighted by Gasteiger charge is 2.43. The Morgan fingerprint density at radius 2 is 1.74 bits per heavy atom. The summed E-state index contributed by atoms with van der Waals surface area (Å²) in [6.45, 7) is 4.06. The van der Waals surface area contributed by atoms with Crippen LogP contribution in [-0.4, -0.2) is 35.8 Å². The minimum absolute atomic E-state index is 0.0744. The normalized spacial score (nSPS) is 18.7. The van der Waals surface area contributed by atoms with Crippen molar-refractivity contribution in [2.75, 3.05) is 17.3 Å². The maximum Gasteiger partial charge on any atom is 0.337 e. The molecule has 2 N–H and O–H groups in total. The molecule has 0 spiro atoms. The number of amides is 1. The smallest absolute Gasteiger partial charge is 0.337 e. The maximum absolute atomic E-state index is 13.6. The number of carboxylic acid groups (broad SMARTS) is 1. The van der Waals surface area contributed by atoms with Crippen molar-refractivity contribution < 1.29 is 29.0 Å². The standard InChI is InChI=1S/C27H28N2O6/c1-27(2)14-19-24(21(30)15-27)25(16-8-10-17(11-9-16)26(34)35-3)29(22(31)12-13-23(32)33)20-7-5-4-6-18(20)28-19/h4-11,25,28H,12-15H2,1-3H3,(H,32,33). The van der Waals surface area contributed by atoms with Crippen molar-refractivity contribution in [3.05, 3.63) is 70.9 Å². The van der Waals surface area contributed by atoms with E-state index in [9.17, 15) is 24.3 Å². The number of esters is 1. The first-order valence-electron chi connectivity index (χ1n) is 11.5. The van der Waals surface area contributed by atoms with Crippen molar-refractivity contribution in [2.45, 2.75) is 45.6 Å². The monoisotopic (exact) mass is 476 g/mol. The first-order valence-corrected chi connectivity index (χ1v) is 11.5. The highest BCUT2D eigenvalue weighted by molar-refractivity contribution is 6.06.